The summed E-state index contributed by atoms with van der Waals surface area (Å²) in [7, 11) is 0. The summed E-state index contributed by atoms with van der Waals surface area (Å²) in [5.74, 6) is 1.70. The van der Waals surface area contributed by atoms with Crippen molar-refractivity contribution in [1.29, 1.82) is 0 Å². The number of oxazole rings is 1. The number of fused-ring (bicyclic) bond motifs is 5. The van der Waals surface area contributed by atoms with Gasteiger partial charge in [-0.1, -0.05) is 72.8 Å². The Morgan fingerprint density at radius 1 is 0.481 bits per heavy atom. The smallest absolute Gasteiger partial charge is 0.192 e. The zero-order valence-corrected chi connectivity index (χ0v) is 30.6. The topological polar surface area (TPSA) is 106 Å². The molecule has 258 valence electrons. The number of hydrogen-bond donors (Lipinski definition) is 1. The maximum Gasteiger partial charge on any atom is 0.192 e. The fourth-order valence-corrected chi connectivity index (χ4v) is 6.10. The molecule has 52 heavy (non-hydrogen) atoms. The highest BCUT2D eigenvalue weighted by atomic mass is 32.1. The van der Waals surface area contributed by atoms with Crippen LogP contribution in [0.4, 0.5) is 0 Å². The van der Waals surface area contributed by atoms with Crippen LogP contribution >= 0.6 is 11.3 Å². The van der Waals surface area contributed by atoms with Crippen molar-refractivity contribution in [2.45, 2.75) is 34.6 Å². The van der Waals surface area contributed by atoms with E-state index in [-0.39, 0.29) is 0 Å². The molecule has 0 radical (unpaired) electrons. The summed E-state index contributed by atoms with van der Waals surface area (Å²) in [5, 5.41) is 2.35. The number of pyridine rings is 1. The Morgan fingerprint density at radius 2 is 1.10 bits per heavy atom. The van der Waals surface area contributed by atoms with Gasteiger partial charge in [0.2, 0.25) is 0 Å². The minimum atomic E-state index is 0.723. The van der Waals surface area contributed by atoms with E-state index in [1.165, 1.54) is 10.1 Å². The van der Waals surface area contributed by atoms with Crippen LogP contribution in [-0.2, 0) is 0 Å². The first-order chi connectivity index (χ1) is 25.3. The number of imidazole rings is 1. The van der Waals surface area contributed by atoms with Gasteiger partial charge in [0.15, 0.2) is 11.5 Å². The Bertz CT molecular complexity index is 2330. The zero-order valence-electron chi connectivity index (χ0n) is 29.8. The molecule has 0 saturated heterocycles. The first-order valence-electron chi connectivity index (χ1n) is 16.9. The predicted octanol–water partition coefficient (Wildman–Crippen LogP) is 11.1. The number of rotatable bonds is 0. The average molecular weight is 702 g/mol. The molecule has 0 aliphatic rings. The van der Waals surface area contributed by atoms with Crippen LogP contribution in [0.25, 0.3) is 54.3 Å². The highest BCUT2D eigenvalue weighted by Crippen LogP contribution is 2.20. The van der Waals surface area contributed by atoms with E-state index in [1.54, 1.807) is 17.5 Å². The molecule has 5 heterocycles. The van der Waals surface area contributed by atoms with E-state index in [0.717, 1.165) is 72.3 Å². The first kappa shape index (κ1) is 35.5. The van der Waals surface area contributed by atoms with Crippen molar-refractivity contribution < 1.29 is 4.42 Å². The zero-order chi connectivity index (χ0) is 36.3. The number of thiazole rings is 1. The summed E-state index contributed by atoms with van der Waals surface area (Å²) >= 11 is 1.74. The third-order valence-electron chi connectivity index (χ3n) is 7.62. The summed E-state index contributed by atoms with van der Waals surface area (Å²) in [4.78, 5) is 28.8. The van der Waals surface area contributed by atoms with E-state index in [1.807, 2.05) is 150 Å². The van der Waals surface area contributed by atoms with Gasteiger partial charge in [0.05, 0.1) is 48.5 Å². The van der Waals surface area contributed by atoms with Gasteiger partial charge < -0.3 is 9.40 Å². The molecule has 5 aromatic carbocycles. The quantitative estimate of drug-likeness (QED) is 0.168. The SMILES string of the molecule is Cc1ccc2ccccc2n1.Cc1cnc2ccccc2n1.Cc1nc2ccccc2[nH]1.Cc1nc2ccccc2o1.Cc1nc2ccccc2s1. The molecular weight excluding hydrogens is 663 g/mol. The van der Waals surface area contributed by atoms with E-state index >= 15 is 0 Å². The van der Waals surface area contributed by atoms with E-state index in [4.69, 9.17) is 4.42 Å². The van der Waals surface area contributed by atoms with Crippen LogP contribution in [-0.4, -0.2) is 34.9 Å². The standard InChI is InChI=1S/C10H9N.C9H8N2.C8H8N2.C8H7NO.C8H7NS/c1-8-6-7-9-4-2-3-5-10(9)11-8;1-7-6-10-8-4-2-3-5-9(8)11-7;3*1-6-9-7-4-2-3-5-8(7)10-6/h2-7H,1H3;2-6H,1H3;2-5H,1H3,(H,9,10);2*2-5H,1H3. The molecule has 0 bridgehead atoms. The number of nitrogens with zero attached hydrogens (tertiary/aromatic N) is 6. The van der Waals surface area contributed by atoms with Gasteiger partial charge in [-0.05, 0) is 88.4 Å². The van der Waals surface area contributed by atoms with Gasteiger partial charge in [-0.2, -0.15) is 0 Å². The molecule has 0 unspecified atom stereocenters. The van der Waals surface area contributed by atoms with Gasteiger partial charge in [0.25, 0.3) is 0 Å². The molecule has 0 amide bonds. The molecule has 1 N–H and O–H groups in total. The van der Waals surface area contributed by atoms with Crippen molar-refractivity contribution in [3.8, 4) is 0 Å². The highest BCUT2D eigenvalue weighted by Gasteiger charge is 1.98. The lowest BCUT2D eigenvalue weighted by molar-refractivity contribution is 0.561. The molecule has 10 rings (SSSR count). The second-order valence-corrected chi connectivity index (χ2v) is 13.1. The summed E-state index contributed by atoms with van der Waals surface area (Å²) in [6.07, 6.45) is 1.78. The normalized spacial score (nSPS) is 10.4. The van der Waals surface area contributed by atoms with Crippen molar-refractivity contribution in [2.24, 2.45) is 0 Å². The number of benzene rings is 5. The van der Waals surface area contributed by atoms with Crippen LogP contribution in [0.15, 0.2) is 144 Å². The van der Waals surface area contributed by atoms with Crippen molar-refractivity contribution in [3.63, 3.8) is 0 Å². The molecule has 8 nitrogen and oxygen atoms in total. The minimum Gasteiger partial charge on any atom is -0.441 e. The van der Waals surface area contributed by atoms with E-state index in [2.05, 4.69) is 53.1 Å². The second kappa shape index (κ2) is 17.1. The van der Waals surface area contributed by atoms with E-state index < -0.39 is 0 Å². The number of aryl methyl sites for hydroxylation is 5. The lowest BCUT2D eigenvalue weighted by Gasteiger charge is -1.95. The fraction of sp³-hybridized carbons (Fsp3) is 0.116. The third kappa shape index (κ3) is 9.68. The van der Waals surface area contributed by atoms with Gasteiger partial charge in [-0.3, -0.25) is 9.97 Å². The third-order valence-corrected chi connectivity index (χ3v) is 8.57. The van der Waals surface area contributed by atoms with Crippen LogP contribution < -0.4 is 0 Å². The van der Waals surface area contributed by atoms with Gasteiger partial charge in [-0.15, -0.1) is 11.3 Å². The number of aromatic amines is 1. The molecule has 0 aliphatic carbocycles. The lowest BCUT2D eigenvalue weighted by Crippen LogP contribution is -1.85. The Kier molecular flexibility index (Phi) is 11.7. The highest BCUT2D eigenvalue weighted by molar-refractivity contribution is 7.18. The van der Waals surface area contributed by atoms with Gasteiger partial charge >= 0.3 is 0 Å². The number of hydrogen-bond acceptors (Lipinski definition) is 8. The van der Waals surface area contributed by atoms with Gasteiger partial charge in [-0.25, -0.2) is 19.9 Å². The first-order valence-corrected chi connectivity index (χ1v) is 17.7. The van der Waals surface area contributed by atoms with Crippen LogP contribution in [0, 0.1) is 34.6 Å². The average Bonchev–Trinajstić information content (AvgIpc) is 3.86. The van der Waals surface area contributed by atoms with E-state index in [9.17, 15) is 0 Å². The maximum atomic E-state index is 5.26. The van der Waals surface area contributed by atoms with Crippen LogP contribution in [0.1, 0.15) is 28.1 Å². The van der Waals surface area contributed by atoms with Crippen LogP contribution in [0.3, 0.4) is 0 Å². The molecule has 0 saturated carbocycles. The molecule has 5 aromatic heterocycles. The molecule has 9 heteroatoms. The molecular formula is C43H39N7OS. The summed E-state index contributed by atoms with van der Waals surface area (Å²) in [6, 6.07) is 44.1. The molecule has 0 spiro atoms. The Morgan fingerprint density at radius 3 is 1.85 bits per heavy atom. The lowest BCUT2D eigenvalue weighted by atomic mass is 10.2. The Hall–Kier alpha value is -6.32. The van der Waals surface area contributed by atoms with Crippen molar-refractivity contribution >= 4 is 65.6 Å². The Balaban J connectivity index is 0.000000112. The molecule has 10 aromatic rings. The van der Waals surface area contributed by atoms with E-state index in [0.29, 0.717) is 0 Å². The summed E-state index contributed by atoms with van der Waals surface area (Å²) in [6.45, 7) is 9.79. The second-order valence-electron chi connectivity index (χ2n) is 11.9. The van der Waals surface area contributed by atoms with Gasteiger partial charge in [0.1, 0.15) is 11.3 Å². The number of nitrogens with one attached hydrogen (secondary N) is 1. The predicted molar refractivity (Wildman–Crippen MR) is 215 cm³/mol. The van der Waals surface area contributed by atoms with Crippen molar-refractivity contribution in [1.82, 2.24) is 34.9 Å². The number of H-pyrrole nitrogens is 1. The van der Waals surface area contributed by atoms with Crippen molar-refractivity contribution in [2.75, 3.05) is 0 Å². The molecule has 0 aliphatic heterocycles. The van der Waals surface area contributed by atoms with Gasteiger partial charge in [0, 0.05) is 24.2 Å². The number of aromatic nitrogens is 7. The van der Waals surface area contributed by atoms with Crippen LogP contribution in [0.5, 0.6) is 0 Å². The minimum absolute atomic E-state index is 0.723. The molecule has 0 fully saturated rings. The Labute approximate surface area is 306 Å². The fourth-order valence-electron chi connectivity index (χ4n) is 5.27. The monoisotopic (exact) mass is 701 g/mol. The largest absolute Gasteiger partial charge is 0.441 e. The van der Waals surface area contributed by atoms with Crippen LogP contribution in [0.2, 0.25) is 0 Å². The maximum absolute atomic E-state index is 5.26. The summed E-state index contributed by atoms with van der Waals surface area (Å²) < 4.78 is 6.53. The summed E-state index contributed by atoms with van der Waals surface area (Å²) in [5.41, 5.74) is 10.1. The van der Waals surface area contributed by atoms with Crippen molar-refractivity contribution in [3.05, 3.63) is 168 Å². The molecule has 0 atom stereocenters. The number of para-hydroxylation sites is 8.